The van der Waals surface area contributed by atoms with Crippen molar-refractivity contribution in [1.29, 1.82) is 0 Å². The number of nitrogens with zero attached hydrogens (tertiary/aromatic N) is 1. The first-order valence-electron chi connectivity index (χ1n) is 9.10. The van der Waals surface area contributed by atoms with Gasteiger partial charge in [0.25, 0.3) is 5.91 Å². The Morgan fingerprint density at radius 2 is 1.68 bits per heavy atom. The molecular weight excluding hydrogens is 420 g/mol. The molecule has 0 fully saturated rings. The Hall–Kier alpha value is -3.85. The van der Waals surface area contributed by atoms with E-state index in [1.165, 1.54) is 61.9 Å². The van der Waals surface area contributed by atoms with Crippen molar-refractivity contribution in [3.63, 3.8) is 0 Å². The summed E-state index contributed by atoms with van der Waals surface area (Å²) in [6.07, 6.45) is 1.37. The minimum atomic E-state index is -4.03. The zero-order chi connectivity index (χ0) is 22.4. The van der Waals surface area contributed by atoms with Gasteiger partial charge in [-0.2, -0.15) is 13.5 Å². The maximum Gasteiger partial charge on any atom is 0.339 e. The van der Waals surface area contributed by atoms with Gasteiger partial charge >= 0.3 is 10.1 Å². The van der Waals surface area contributed by atoms with E-state index in [4.69, 9.17) is 8.92 Å². The summed E-state index contributed by atoms with van der Waals surface area (Å²) in [6, 6.07) is 16.5. The van der Waals surface area contributed by atoms with Crippen molar-refractivity contribution >= 4 is 22.2 Å². The summed E-state index contributed by atoms with van der Waals surface area (Å²) in [5, 5.41) is 13.1. The second-order valence-electron chi connectivity index (χ2n) is 6.51. The van der Waals surface area contributed by atoms with Crippen LogP contribution in [0.5, 0.6) is 17.2 Å². The van der Waals surface area contributed by atoms with Crippen molar-refractivity contribution in [3.05, 3.63) is 83.4 Å². The van der Waals surface area contributed by atoms with Crippen LogP contribution in [0.2, 0.25) is 0 Å². The van der Waals surface area contributed by atoms with E-state index >= 15 is 0 Å². The number of amides is 1. The summed E-state index contributed by atoms with van der Waals surface area (Å²) in [5.41, 5.74) is 4.17. The van der Waals surface area contributed by atoms with Gasteiger partial charge in [0.15, 0.2) is 11.5 Å². The quantitative estimate of drug-likeness (QED) is 0.331. The number of methoxy groups -OCH3 is 1. The summed E-state index contributed by atoms with van der Waals surface area (Å²) in [5.74, 6) is -0.191. The molecule has 0 saturated carbocycles. The third-order valence-corrected chi connectivity index (χ3v) is 5.45. The normalized spacial score (nSPS) is 11.3. The van der Waals surface area contributed by atoms with Gasteiger partial charge < -0.3 is 14.0 Å². The molecule has 0 radical (unpaired) electrons. The maximum atomic E-state index is 12.5. The molecule has 2 N–H and O–H groups in total. The number of benzene rings is 3. The zero-order valence-electron chi connectivity index (χ0n) is 16.8. The number of carbonyl (C=O) groups is 1. The molecule has 3 rings (SSSR count). The molecule has 0 aliphatic rings. The minimum absolute atomic E-state index is 0.0216. The number of hydrazone groups is 1. The molecular formula is C22H20N2O6S. The summed E-state index contributed by atoms with van der Waals surface area (Å²) in [6.45, 7) is 1.85. The van der Waals surface area contributed by atoms with Gasteiger partial charge in [0, 0.05) is 5.56 Å². The highest BCUT2D eigenvalue weighted by Crippen LogP contribution is 2.30. The molecule has 3 aromatic carbocycles. The van der Waals surface area contributed by atoms with Crippen LogP contribution in [-0.2, 0) is 10.1 Å². The number of phenols is 1. The van der Waals surface area contributed by atoms with E-state index in [9.17, 15) is 18.3 Å². The van der Waals surface area contributed by atoms with Crippen molar-refractivity contribution in [3.8, 4) is 17.2 Å². The first kappa shape index (κ1) is 21.8. The average Bonchev–Trinajstić information content (AvgIpc) is 2.75. The minimum Gasteiger partial charge on any atom is -0.508 e. The average molecular weight is 440 g/mol. The van der Waals surface area contributed by atoms with E-state index in [-0.39, 0.29) is 22.1 Å². The highest BCUT2D eigenvalue weighted by atomic mass is 32.2. The van der Waals surface area contributed by atoms with E-state index in [2.05, 4.69) is 10.5 Å². The van der Waals surface area contributed by atoms with E-state index in [1.54, 1.807) is 18.2 Å². The smallest absolute Gasteiger partial charge is 0.339 e. The second-order valence-corrected chi connectivity index (χ2v) is 8.05. The van der Waals surface area contributed by atoms with Gasteiger partial charge in [-0.15, -0.1) is 0 Å². The number of rotatable bonds is 7. The van der Waals surface area contributed by atoms with Crippen molar-refractivity contribution in [1.82, 2.24) is 5.43 Å². The fraction of sp³-hybridized carbons (Fsp3) is 0.0909. The molecule has 31 heavy (non-hydrogen) atoms. The van der Waals surface area contributed by atoms with Gasteiger partial charge in [-0.25, -0.2) is 5.43 Å². The van der Waals surface area contributed by atoms with Crippen molar-refractivity contribution in [2.75, 3.05) is 7.11 Å². The van der Waals surface area contributed by atoms with Crippen LogP contribution in [0.4, 0.5) is 0 Å². The fourth-order valence-corrected chi connectivity index (χ4v) is 3.49. The number of ether oxygens (including phenoxy) is 1. The third-order valence-electron chi connectivity index (χ3n) is 4.21. The summed E-state index contributed by atoms with van der Waals surface area (Å²) in [7, 11) is -2.64. The van der Waals surface area contributed by atoms with Gasteiger partial charge in [-0.3, -0.25) is 4.79 Å². The molecule has 0 unspecified atom stereocenters. The number of aryl methyl sites for hydroxylation is 1. The highest BCUT2D eigenvalue weighted by Gasteiger charge is 2.19. The third kappa shape index (κ3) is 5.61. The highest BCUT2D eigenvalue weighted by molar-refractivity contribution is 7.87. The molecule has 3 aromatic rings. The number of hydrogen-bond donors (Lipinski definition) is 2. The Kier molecular flexibility index (Phi) is 6.56. The lowest BCUT2D eigenvalue weighted by atomic mass is 10.2. The van der Waals surface area contributed by atoms with E-state index in [0.717, 1.165) is 5.56 Å². The number of hydrogen-bond acceptors (Lipinski definition) is 7. The molecule has 160 valence electrons. The Morgan fingerprint density at radius 3 is 2.32 bits per heavy atom. The number of nitrogens with one attached hydrogen (secondary N) is 1. The topological polar surface area (TPSA) is 114 Å². The van der Waals surface area contributed by atoms with Crippen LogP contribution >= 0.6 is 0 Å². The van der Waals surface area contributed by atoms with E-state index in [1.807, 2.05) is 6.92 Å². The molecule has 0 heterocycles. The van der Waals surface area contributed by atoms with Crippen LogP contribution < -0.4 is 14.3 Å². The van der Waals surface area contributed by atoms with Gasteiger partial charge in [-0.05, 0) is 67.1 Å². The molecule has 0 spiro atoms. The summed E-state index contributed by atoms with van der Waals surface area (Å²) in [4.78, 5) is 12.0. The van der Waals surface area contributed by atoms with Crippen molar-refractivity contribution in [2.24, 2.45) is 5.10 Å². The second kappa shape index (κ2) is 9.31. The standard InChI is InChI=1S/C22H20N2O6S/c1-15-3-10-19(11-4-15)31(27,28)30-20-12-5-16(13-21(20)29-2)14-23-24-22(26)17-6-8-18(25)9-7-17/h3-14,25H,1-2H3,(H,24,26)/b23-14+. The molecule has 0 atom stereocenters. The summed E-state index contributed by atoms with van der Waals surface area (Å²) < 4.78 is 35.5. The van der Waals surface area contributed by atoms with Crippen LogP contribution in [0.3, 0.4) is 0 Å². The molecule has 0 aliphatic heterocycles. The van der Waals surface area contributed by atoms with Crippen LogP contribution in [0.15, 0.2) is 76.7 Å². The predicted molar refractivity (Wildman–Crippen MR) is 115 cm³/mol. The monoisotopic (exact) mass is 440 g/mol. The molecule has 0 saturated heterocycles. The molecule has 0 bridgehead atoms. The number of aromatic hydroxyl groups is 1. The zero-order valence-corrected chi connectivity index (χ0v) is 17.6. The maximum absolute atomic E-state index is 12.5. The van der Waals surface area contributed by atoms with Crippen LogP contribution in [-0.4, -0.2) is 32.8 Å². The van der Waals surface area contributed by atoms with Crippen LogP contribution in [0, 0.1) is 6.92 Å². The Labute approximate surface area is 179 Å². The van der Waals surface area contributed by atoms with Gasteiger partial charge in [0.2, 0.25) is 0 Å². The van der Waals surface area contributed by atoms with Gasteiger partial charge in [0.1, 0.15) is 10.6 Å². The van der Waals surface area contributed by atoms with E-state index < -0.39 is 16.0 Å². The molecule has 8 nitrogen and oxygen atoms in total. The molecule has 9 heteroatoms. The number of phenolic OH excluding ortho intramolecular Hbond substituents is 1. The van der Waals surface area contributed by atoms with Crippen molar-refractivity contribution < 1.29 is 27.2 Å². The molecule has 1 amide bonds. The lowest BCUT2D eigenvalue weighted by molar-refractivity contribution is 0.0955. The van der Waals surface area contributed by atoms with Crippen LogP contribution in [0.25, 0.3) is 0 Å². The van der Waals surface area contributed by atoms with Crippen molar-refractivity contribution in [2.45, 2.75) is 11.8 Å². The molecule has 0 aliphatic carbocycles. The Morgan fingerprint density at radius 1 is 1.00 bits per heavy atom. The Balaban J connectivity index is 1.72. The number of carbonyl (C=O) groups excluding carboxylic acids is 1. The lowest BCUT2D eigenvalue weighted by Crippen LogP contribution is -2.17. The summed E-state index contributed by atoms with van der Waals surface area (Å²) >= 11 is 0. The first-order chi connectivity index (χ1) is 14.8. The Bertz CT molecular complexity index is 1200. The van der Waals surface area contributed by atoms with Gasteiger partial charge in [0.05, 0.1) is 13.3 Å². The van der Waals surface area contributed by atoms with Gasteiger partial charge in [-0.1, -0.05) is 17.7 Å². The molecule has 0 aromatic heterocycles. The van der Waals surface area contributed by atoms with Crippen LogP contribution in [0.1, 0.15) is 21.5 Å². The van der Waals surface area contributed by atoms with E-state index in [0.29, 0.717) is 11.1 Å². The predicted octanol–water partition coefficient (Wildman–Crippen LogP) is 3.24. The SMILES string of the molecule is COc1cc(/C=N/NC(=O)c2ccc(O)cc2)ccc1OS(=O)(=O)c1ccc(C)cc1. The lowest BCUT2D eigenvalue weighted by Gasteiger charge is -2.11. The largest absolute Gasteiger partial charge is 0.508 e. The first-order valence-corrected chi connectivity index (χ1v) is 10.5. The fourth-order valence-electron chi connectivity index (χ4n) is 2.55.